The fourth-order valence-corrected chi connectivity index (χ4v) is 3.48. The summed E-state index contributed by atoms with van der Waals surface area (Å²) in [4.78, 5) is 17.3. The number of aryl methyl sites for hydroxylation is 1. The predicted octanol–water partition coefficient (Wildman–Crippen LogP) is 5.56. The zero-order chi connectivity index (χ0) is 23.5. The number of benzene rings is 2. The summed E-state index contributed by atoms with van der Waals surface area (Å²) >= 11 is 11.9. The van der Waals surface area contributed by atoms with Crippen molar-refractivity contribution in [3.63, 3.8) is 0 Å². The van der Waals surface area contributed by atoms with Crippen molar-refractivity contribution in [3.8, 4) is 17.2 Å². The van der Waals surface area contributed by atoms with Crippen LogP contribution < -0.4 is 10.1 Å². The van der Waals surface area contributed by atoms with Gasteiger partial charge in [0.15, 0.2) is 5.69 Å². The summed E-state index contributed by atoms with van der Waals surface area (Å²) in [7, 11) is 0. The molecule has 0 aliphatic rings. The highest BCUT2D eigenvalue weighted by Crippen LogP contribution is 2.26. The number of aromatic nitrogens is 4. The molecule has 0 saturated carbocycles. The summed E-state index contributed by atoms with van der Waals surface area (Å²) in [5, 5.41) is 11.7. The normalized spacial score (nSPS) is 10.9. The molecule has 0 saturated heterocycles. The van der Waals surface area contributed by atoms with Crippen LogP contribution in [0.3, 0.4) is 0 Å². The Morgan fingerprint density at radius 3 is 2.58 bits per heavy atom. The maximum Gasteiger partial charge on any atom is 0.278 e. The van der Waals surface area contributed by atoms with E-state index in [0.717, 1.165) is 11.3 Å². The van der Waals surface area contributed by atoms with Gasteiger partial charge in [0.2, 0.25) is 5.89 Å². The topological polar surface area (TPSA) is 95.1 Å². The number of carbonyl (C=O) groups is 1. The van der Waals surface area contributed by atoms with E-state index in [2.05, 4.69) is 20.6 Å². The Hall–Kier alpha value is -3.36. The molecule has 2 heterocycles. The lowest BCUT2D eigenvalue weighted by Gasteiger charge is -2.05. The molecule has 0 atom stereocenters. The standard InChI is InChI=1S/C23H21Cl2N5O3/c1-4-32-17-8-5-15(6-9-17)23-27-20(14(3)33-23)12-30-13(2)21(28-29-30)22(31)26-16-7-10-18(24)19(25)11-16/h5-11H,4,12H2,1-3H3,(H,26,31). The van der Waals surface area contributed by atoms with Gasteiger partial charge in [0, 0.05) is 11.3 Å². The highest BCUT2D eigenvalue weighted by atomic mass is 35.5. The van der Waals surface area contributed by atoms with Crippen molar-refractivity contribution >= 4 is 34.8 Å². The van der Waals surface area contributed by atoms with Gasteiger partial charge in [-0.15, -0.1) is 5.10 Å². The van der Waals surface area contributed by atoms with Crippen molar-refractivity contribution < 1.29 is 13.9 Å². The zero-order valence-corrected chi connectivity index (χ0v) is 19.7. The van der Waals surface area contributed by atoms with Crippen molar-refractivity contribution in [1.82, 2.24) is 20.0 Å². The number of nitrogens with zero attached hydrogens (tertiary/aromatic N) is 4. The number of anilines is 1. The second kappa shape index (κ2) is 9.64. The van der Waals surface area contributed by atoms with Gasteiger partial charge >= 0.3 is 0 Å². The van der Waals surface area contributed by atoms with Crippen LogP contribution in [0.25, 0.3) is 11.5 Å². The van der Waals surface area contributed by atoms with Crippen molar-refractivity contribution in [2.75, 3.05) is 11.9 Å². The highest BCUT2D eigenvalue weighted by molar-refractivity contribution is 6.42. The summed E-state index contributed by atoms with van der Waals surface area (Å²) in [5.41, 5.74) is 2.84. The number of nitrogens with one attached hydrogen (secondary N) is 1. The summed E-state index contributed by atoms with van der Waals surface area (Å²) in [6.45, 7) is 6.46. The summed E-state index contributed by atoms with van der Waals surface area (Å²) in [5.74, 6) is 1.55. The molecule has 170 valence electrons. The molecule has 8 nitrogen and oxygen atoms in total. The number of hydrogen-bond acceptors (Lipinski definition) is 6. The van der Waals surface area contributed by atoms with Crippen molar-refractivity contribution in [2.45, 2.75) is 27.3 Å². The molecule has 0 spiro atoms. The minimum atomic E-state index is -0.399. The Morgan fingerprint density at radius 2 is 1.88 bits per heavy atom. The molecule has 0 aliphatic heterocycles. The molecule has 33 heavy (non-hydrogen) atoms. The molecule has 10 heteroatoms. The minimum Gasteiger partial charge on any atom is -0.494 e. The molecule has 0 unspecified atom stereocenters. The van der Waals surface area contributed by atoms with Crippen LogP contribution in [0.15, 0.2) is 46.9 Å². The van der Waals surface area contributed by atoms with Gasteiger partial charge in [-0.25, -0.2) is 9.67 Å². The van der Waals surface area contributed by atoms with Gasteiger partial charge < -0.3 is 14.5 Å². The number of ether oxygens (including phenoxy) is 1. The molecule has 1 amide bonds. The Labute approximate surface area is 200 Å². The number of carbonyl (C=O) groups excluding carboxylic acids is 1. The first-order valence-corrected chi connectivity index (χ1v) is 11.0. The maximum atomic E-state index is 12.7. The van der Waals surface area contributed by atoms with E-state index in [9.17, 15) is 4.79 Å². The molecule has 1 N–H and O–H groups in total. The van der Waals surface area contributed by atoms with E-state index in [1.54, 1.807) is 29.8 Å². The van der Waals surface area contributed by atoms with E-state index in [1.165, 1.54) is 0 Å². The average Bonchev–Trinajstić information content (AvgIpc) is 3.34. The first-order chi connectivity index (χ1) is 15.9. The van der Waals surface area contributed by atoms with Crippen LogP contribution in [0.5, 0.6) is 5.75 Å². The molecule has 4 aromatic rings. The van der Waals surface area contributed by atoms with Gasteiger partial charge in [-0.05, 0) is 63.2 Å². The number of rotatable bonds is 7. The van der Waals surface area contributed by atoms with E-state index in [-0.39, 0.29) is 5.69 Å². The molecular formula is C23H21Cl2N5O3. The fourth-order valence-electron chi connectivity index (χ4n) is 3.18. The first kappa shape index (κ1) is 22.8. The third-order valence-electron chi connectivity index (χ3n) is 4.98. The van der Waals surface area contributed by atoms with Crippen LogP contribution in [-0.2, 0) is 6.54 Å². The number of hydrogen-bond donors (Lipinski definition) is 1. The van der Waals surface area contributed by atoms with Crippen molar-refractivity contribution in [3.05, 3.63) is 75.4 Å². The molecule has 2 aromatic heterocycles. The van der Waals surface area contributed by atoms with Crippen molar-refractivity contribution in [2.24, 2.45) is 0 Å². The van der Waals surface area contributed by atoms with Crippen LogP contribution >= 0.6 is 23.2 Å². The van der Waals surface area contributed by atoms with Crippen molar-refractivity contribution in [1.29, 1.82) is 0 Å². The lowest BCUT2D eigenvalue weighted by Crippen LogP contribution is -2.14. The van der Waals surface area contributed by atoms with E-state index < -0.39 is 5.91 Å². The highest BCUT2D eigenvalue weighted by Gasteiger charge is 2.19. The average molecular weight is 486 g/mol. The summed E-state index contributed by atoms with van der Waals surface area (Å²) in [6.07, 6.45) is 0. The SMILES string of the molecule is CCOc1ccc(-c2nc(Cn3nnc(C(=O)Nc4ccc(Cl)c(Cl)c4)c3C)c(C)o2)cc1. The van der Waals surface area contributed by atoms with Gasteiger partial charge in [-0.3, -0.25) is 4.79 Å². The lowest BCUT2D eigenvalue weighted by atomic mass is 10.2. The molecule has 0 bridgehead atoms. The smallest absolute Gasteiger partial charge is 0.278 e. The largest absolute Gasteiger partial charge is 0.494 e. The Bertz CT molecular complexity index is 1300. The maximum absolute atomic E-state index is 12.7. The monoisotopic (exact) mass is 485 g/mol. The van der Waals surface area contributed by atoms with E-state index >= 15 is 0 Å². The zero-order valence-electron chi connectivity index (χ0n) is 18.2. The van der Waals surface area contributed by atoms with Gasteiger partial charge in [0.25, 0.3) is 5.91 Å². The van der Waals surface area contributed by atoms with E-state index in [4.69, 9.17) is 32.4 Å². The summed E-state index contributed by atoms with van der Waals surface area (Å²) < 4.78 is 12.9. The quantitative estimate of drug-likeness (QED) is 0.368. The lowest BCUT2D eigenvalue weighted by molar-refractivity contribution is 0.102. The molecule has 0 fully saturated rings. The third kappa shape index (κ3) is 5.02. The van der Waals surface area contributed by atoms with Gasteiger partial charge in [-0.2, -0.15) is 0 Å². The number of amides is 1. The molecular weight excluding hydrogens is 465 g/mol. The Morgan fingerprint density at radius 1 is 1.12 bits per heavy atom. The number of halogens is 2. The third-order valence-corrected chi connectivity index (χ3v) is 5.72. The molecule has 2 aromatic carbocycles. The summed E-state index contributed by atoms with van der Waals surface area (Å²) in [6, 6.07) is 12.4. The predicted molar refractivity (Wildman–Crippen MR) is 126 cm³/mol. The van der Waals surface area contributed by atoms with Gasteiger partial charge in [-0.1, -0.05) is 28.4 Å². The van der Waals surface area contributed by atoms with Crippen LogP contribution in [-0.4, -0.2) is 32.5 Å². The van der Waals surface area contributed by atoms with Gasteiger partial charge in [0.1, 0.15) is 17.2 Å². The van der Waals surface area contributed by atoms with Crippen LogP contribution in [0.4, 0.5) is 5.69 Å². The van der Waals surface area contributed by atoms with Gasteiger partial charge in [0.05, 0.1) is 28.9 Å². The van der Waals surface area contributed by atoms with Crippen LogP contribution in [0, 0.1) is 13.8 Å². The second-order valence-electron chi connectivity index (χ2n) is 7.24. The van der Waals surface area contributed by atoms with E-state index in [1.807, 2.05) is 38.1 Å². The fraction of sp³-hybridized carbons (Fsp3) is 0.217. The molecule has 0 radical (unpaired) electrons. The Kier molecular flexibility index (Phi) is 6.67. The Balaban J connectivity index is 1.50. The van der Waals surface area contributed by atoms with E-state index in [0.29, 0.717) is 51.9 Å². The van der Waals surface area contributed by atoms with Crippen LogP contribution in [0.2, 0.25) is 10.0 Å². The second-order valence-corrected chi connectivity index (χ2v) is 8.06. The molecule has 4 rings (SSSR count). The van der Waals surface area contributed by atoms with Crippen LogP contribution in [0.1, 0.15) is 34.6 Å². The minimum absolute atomic E-state index is 0.203. The number of oxazole rings is 1. The molecule has 0 aliphatic carbocycles. The first-order valence-electron chi connectivity index (χ1n) is 10.2.